The Morgan fingerprint density at radius 3 is 2.40 bits per heavy atom. The number of nitrogens with zero attached hydrogens (tertiary/aromatic N) is 2. The molecule has 5 bridgehead atoms. The summed E-state index contributed by atoms with van der Waals surface area (Å²) < 4.78 is 5.74. The molecule has 3 amide bonds. The number of benzene rings is 1. The van der Waals surface area contributed by atoms with Crippen LogP contribution < -0.4 is 16.1 Å². The zero-order valence-electron chi connectivity index (χ0n) is 25.6. The van der Waals surface area contributed by atoms with Crippen LogP contribution in [0.15, 0.2) is 30.5 Å². The predicted molar refractivity (Wildman–Crippen MR) is 160 cm³/mol. The number of aromatic nitrogens is 1. The number of methoxy groups -OCH3 is 1. The van der Waals surface area contributed by atoms with E-state index < -0.39 is 23.9 Å². The number of pyridine rings is 1. The molecule has 6 atom stereocenters. The van der Waals surface area contributed by atoms with E-state index in [1.807, 2.05) is 52.1 Å². The van der Waals surface area contributed by atoms with Gasteiger partial charge in [0.1, 0.15) is 17.9 Å². The molecule has 0 radical (unpaired) electrons. The van der Waals surface area contributed by atoms with Gasteiger partial charge < -0.3 is 15.4 Å². The zero-order chi connectivity index (χ0) is 30.6. The number of fused-ring (bicyclic) bond motifs is 4. The van der Waals surface area contributed by atoms with Gasteiger partial charge in [0.05, 0.1) is 12.1 Å². The number of hydrogen-bond acceptors (Lipinski definition) is 7. The van der Waals surface area contributed by atoms with Crippen molar-refractivity contribution in [1.29, 1.82) is 0 Å². The number of hydrogen-bond donors (Lipinski definition) is 3. The summed E-state index contributed by atoms with van der Waals surface area (Å²) in [4.78, 5) is 57.9. The highest BCUT2D eigenvalue weighted by Crippen LogP contribution is 2.25. The van der Waals surface area contributed by atoms with Crippen molar-refractivity contribution in [2.24, 2.45) is 17.8 Å². The fourth-order valence-electron chi connectivity index (χ4n) is 5.86. The van der Waals surface area contributed by atoms with Gasteiger partial charge in [-0.15, -0.1) is 0 Å². The Kier molecular flexibility index (Phi) is 10.3. The van der Waals surface area contributed by atoms with Crippen LogP contribution >= 0.6 is 0 Å². The van der Waals surface area contributed by atoms with Crippen molar-refractivity contribution >= 4 is 34.3 Å². The first-order valence-electron chi connectivity index (χ1n) is 15.1. The Labute approximate surface area is 248 Å². The fraction of sp³-hybridized carbons (Fsp3) is 0.594. The number of ketones is 1. The van der Waals surface area contributed by atoms with Crippen LogP contribution in [0.5, 0.6) is 0 Å². The van der Waals surface area contributed by atoms with Crippen molar-refractivity contribution in [2.75, 3.05) is 13.7 Å². The van der Waals surface area contributed by atoms with Crippen molar-refractivity contribution in [3.05, 3.63) is 41.7 Å². The lowest BCUT2D eigenvalue weighted by Crippen LogP contribution is -2.61. The molecule has 3 heterocycles. The lowest BCUT2D eigenvalue weighted by atomic mass is 9.84. The van der Waals surface area contributed by atoms with Gasteiger partial charge in [-0.05, 0) is 68.5 Å². The van der Waals surface area contributed by atoms with Crippen LogP contribution in [0, 0.1) is 17.8 Å². The molecule has 0 unspecified atom stereocenters. The van der Waals surface area contributed by atoms with Crippen molar-refractivity contribution in [1.82, 2.24) is 26.1 Å². The molecule has 0 aliphatic carbocycles. The van der Waals surface area contributed by atoms with Crippen LogP contribution in [0.1, 0.15) is 77.6 Å². The van der Waals surface area contributed by atoms with Crippen molar-refractivity contribution < 1.29 is 23.9 Å². The Hall–Kier alpha value is -3.37. The van der Waals surface area contributed by atoms with Crippen LogP contribution in [0.25, 0.3) is 10.8 Å². The van der Waals surface area contributed by atoms with Crippen molar-refractivity contribution in [3.63, 3.8) is 0 Å². The normalized spacial score (nSPS) is 28.9. The SMILES string of the molecule is CO[C@@H]1CCc2cc3cc(ccc3cn2)[C@@H](C)NC(=O)[C@@H]2CCCN(N2)C(=O)[C@H](C)NC(=O)[C@H](C(C)C)CC(=O)[C@@H]1C. The van der Waals surface area contributed by atoms with Crippen LogP contribution in [0.4, 0.5) is 0 Å². The van der Waals surface area contributed by atoms with Gasteiger partial charge in [0, 0.05) is 49.2 Å². The fourth-order valence-corrected chi connectivity index (χ4v) is 5.86. The number of nitrogens with one attached hydrogen (secondary N) is 3. The second kappa shape index (κ2) is 13.7. The first kappa shape index (κ1) is 31.6. The number of carbonyl (C=O) groups excluding carboxylic acids is 4. The number of Topliss-reactive ketones (excluding diaryl/α,β-unsaturated/α-hetero) is 1. The average Bonchev–Trinajstić information content (AvgIpc) is 2.98. The minimum absolute atomic E-state index is 0.0477. The van der Waals surface area contributed by atoms with Crippen LogP contribution in [-0.4, -0.2) is 65.3 Å². The Balaban J connectivity index is 1.65. The van der Waals surface area contributed by atoms with E-state index in [2.05, 4.69) is 27.1 Å². The van der Waals surface area contributed by atoms with Gasteiger partial charge in [-0.2, -0.15) is 0 Å². The number of rotatable bonds is 2. The molecule has 42 heavy (non-hydrogen) atoms. The standard InChI is InChI=1S/C32H45N5O5/c1-18(2)26-16-28(38)19(3)29(42-6)12-11-25-15-24-14-22(9-10-23(24)17-33-25)20(4)34-31(40)27-8-7-13-37(36-27)32(41)21(5)35-30(26)39/h9-10,14-15,17-21,26-27,29,36H,7-8,11-13,16H2,1-6H3,(H,34,40)(H,35,39)/t19-,20+,21-,26-,27-,29+/m0/s1. The molecule has 0 spiro atoms. The third kappa shape index (κ3) is 7.33. The largest absolute Gasteiger partial charge is 0.381 e. The van der Waals surface area contributed by atoms with E-state index in [1.54, 1.807) is 14.0 Å². The summed E-state index contributed by atoms with van der Waals surface area (Å²) in [7, 11) is 1.60. The minimum atomic E-state index is -0.822. The smallest absolute Gasteiger partial charge is 0.258 e. The van der Waals surface area contributed by atoms with Gasteiger partial charge in [0.25, 0.3) is 5.91 Å². The second-order valence-corrected chi connectivity index (χ2v) is 12.2. The summed E-state index contributed by atoms with van der Waals surface area (Å²) in [6, 6.07) is 6.46. The summed E-state index contributed by atoms with van der Waals surface area (Å²) >= 11 is 0. The molecule has 1 aromatic carbocycles. The summed E-state index contributed by atoms with van der Waals surface area (Å²) in [5, 5.41) is 9.37. The topological polar surface area (TPSA) is 130 Å². The first-order chi connectivity index (χ1) is 20.0. The van der Waals surface area contributed by atoms with Crippen LogP contribution in [0.3, 0.4) is 0 Å². The third-order valence-corrected chi connectivity index (χ3v) is 8.77. The number of carbonyl (C=O) groups is 4. The third-order valence-electron chi connectivity index (χ3n) is 8.77. The van der Waals surface area contributed by atoms with E-state index in [9.17, 15) is 19.2 Å². The van der Waals surface area contributed by atoms with Gasteiger partial charge in [-0.1, -0.05) is 32.9 Å². The molecule has 10 heteroatoms. The van der Waals surface area contributed by atoms with Crippen molar-refractivity contribution in [3.8, 4) is 0 Å². The van der Waals surface area contributed by atoms with Gasteiger partial charge in [0.15, 0.2) is 0 Å². The van der Waals surface area contributed by atoms with E-state index in [-0.39, 0.29) is 48.0 Å². The summed E-state index contributed by atoms with van der Waals surface area (Å²) in [5.41, 5.74) is 4.93. The number of amides is 3. The summed E-state index contributed by atoms with van der Waals surface area (Å²) in [6.07, 6.45) is 4.04. The highest BCUT2D eigenvalue weighted by Gasteiger charge is 2.34. The zero-order valence-corrected chi connectivity index (χ0v) is 25.6. The van der Waals surface area contributed by atoms with Crippen LogP contribution in [0.2, 0.25) is 0 Å². The van der Waals surface area contributed by atoms with E-state index >= 15 is 0 Å². The van der Waals surface area contributed by atoms with E-state index in [0.29, 0.717) is 32.2 Å². The van der Waals surface area contributed by atoms with Crippen LogP contribution in [-0.2, 0) is 30.3 Å². The van der Waals surface area contributed by atoms with E-state index in [1.165, 1.54) is 5.01 Å². The summed E-state index contributed by atoms with van der Waals surface area (Å²) in [6.45, 7) is 9.66. The molecule has 2 aromatic rings. The van der Waals surface area contributed by atoms with Crippen molar-refractivity contribution in [2.45, 2.75) is 91.0 Å². The van der Waals surface area contributed by atoms with Gasteiger partial charge >= 0.3 is 0 Å². The molecule has 0 saturated carbocycles. The molecule has 228 valence electrons. The number of ether oxygens (including phenoxy) is 1. The Bertz CT molecular complexity index is 1310. The number of hydrazine groups is 1. The average molecular weight is 580 g/mol. The predicted octanol–water partition coefficient (Wildman–Crippen LogP) is 3.24. The molecular weight excluding hydrogens is 534 g/mol. The molecule has 1 fully saturated rings. The highest BCUT2D eigenvalue weighted by atomic mass is 16.5. The van der Waals surface area contributed by atoms with Gasteiger partial charge in [-0.25, -0.2) is 5.43 Å². The summed E-state index contributed by atoms with van der Waals surface area (Å²) in [5.74, 6) is -1.99. The molecule has 2 aliphatic rings. The quantitative estimate of drug-likeness (QED) is 0.498. The second-order valence-electron chi connectivity index (χ2n) is 12.2. The molecule has 1 aromatic heterocycles. The maximum Gasteiger partial charge on any atom is 0.258 e. The molecule has 1 saturated heterocycles. The molecule has 2 aliphatic heterocycles. The minimum Gasteiger partial charge on any atom is -0.381 e. The van der Waals surface area contributed by atoms with Gasteiger partial charge in [0.2, 0.25) is 11.8 Å². The molecule has 10 nitrogen and oxygen atoms in total. The Morgan fingerprint density at radius 2 is 1.69 bits per heavy atom. The first-order valence-corrected chi connectivity index (χ1v) is 15.1. The van der Waals surface area contributed by atoms with E-state index in [0.717, 1.165) is 22.0 Å². The maximum absolute atomic E-state index is 13.4. The molecular formula is C32H45N5O5. The maximum atomic E-state index is 13.4. The lowest BCUT2D eigenvalue weighted by Gasteiger charge is -2.35. The number of aryl methyl sites for hydroxylation is 1. The monoisotopic (exact) mass is 579 g/mol. The molecule has 3 N–H and O–H groups in total. The van der Waals surface area contributed by atoms with Gasteiger partial charge in [-0.3, -0.25) is 29.2 Å². The Morgan fingerprint density at radius 1 is 0.952 bits per heavy atom. The van der Waals surface area contributed by atoms with E-state index in [4.69, 9.17) is 4.74 Å². The molecule has 4 rings (SSSR count). The lowest BCUT2D eigenvalue weighted by molar-refractivity contribution is -0.144. The highest BCUT2D eigenvalue weighted by molar-refractivity contribution is 5.92.